The molecule has 0 spiro atoms. The maximum atomic E-state index is 6.04. The van der Waals surface area contributed by atoms with Gasteiger partial charge in [-0.15, -0.1) is 0 Å². The molecular weight excluding hydrogens is 250 g/mol. The van der Waals surface area contributed by atoms with Crippen molar-refractivity contribution in [1.82, 2.24) is 9.88 Å². The lowest BCUT2D eigenvalue weighted by Crippen LogP contribution is -2.21. The van der Waals surface area contributed by atoms with E-state index in [1.54, 1.807) is 7.11 Å². The fraction of sp³-hybridized carbons (Fsp3) is 0.312. The number of pyridine rings is 1. The van der Waals surface area contributed by atoms with Crippen molar-refractivity contribution in [1.29, 1.82) is 0 Å². The Balaban J connectivity index is 1.89. The number of aromatic nitrogens is 1. The van der Waals surface area contributed by atoms with Crippen LogP contribution in [0.2, 0.25) is 0 Å². The SMILES string of the molecule is COc1ccc(CN(C)CCc2ccncc2)c(N)c1. The largest absolute Gasteiger partial charge is 0.497 e. The number of ether oxygens (including phenoxy) is 1. The average molecular weight is 271 g/mol. The van der Waals surface area contributed by atoms with Crippen LogP contribution in [-0.2, 0) is 13.0 Å². The van der Waals surface area contributed by atoms with E-state index < -0.39 is 0 Å². The molecule has 0 bridgehead atoms. The van der Waals surface area contributed by atoms with Crippen LogP contribution in [0.4, 0.5) is 5.69 Å². The number of methoxy groups -OCH3 is 1. The molecule has 0 amide bonds. The second kappa shape index (κ2) is 6.91. The van der Waals surface area contributed by atoms with Crippen molar-refractivity contribution in [2.45, 2.75) is 13.0 Å². The molecule has 1 aromatic heterocycles. The number of hydrogen-bond donors (Lipinski definition) is 1. The maximum Gasteiger partial charge on any atom is 0.120 e. The van der Waals surface area contributed by atoms with E-state index in [4.69, 9.17) is 10.5 Å². The number of nitrogens with two attached hydrogens (primary N) is 1. The van der Waals surface area contributed by atoms with Gasteiger partial charge in [0.05, 0.1) is 7.11 Å². The number of anilines is 1. The molecule has 1 heterocycles. The van der Waals surface area contributed by atoms with Gasteiger partial charge in [0.25, 0.3) is 0 Å². The van der Waals surface area contributed by atoms with E-state index in [9.17, 15) is 0 Å². The maximum absolute atomic E-state index is 6.04. The van der Waals surface area contributed by atoms with Crippen LogP contribution in [0.5, 0.6) is 5.75 Å². The van der Waals surface area contributed by atoms with E-state index in [2.05, 4.69) is 29.1 Å². The predicted molar refractivity (Wildman–Crippen MR) is 81.7 cm³/mol. The third-order valence-corrected chi connectivity index (χ3v) is 3.32. The van der Waals surface area contributed by atoms with E-state index in [1.807, 2.05) is 30.6 Å². The highest BCUT2D eigenvalue weighted by Gasteiger charge is 2.05. The summed E-state index contributed by atoms with van der Waals surface area (Å²) in [4.78, 5) is 6.29. The molecule has 0 aliphatic rings. The molecule has 20 heavy (non-hydrogen) atoms. The van der Waals surface area contributed by atoms with Crippen LogP contribution in [0.15, 0.2) is 42.7 Å². The van der Waals surface area contributed by atoms with E-state index >= 15 is 0 Å². The summed E-state index contributed by atoms with van der Waals surface area (Å²) in [7, 11) is 3.75. The van der Waals surface area contributed by atoms with Crippen molar-refractivity contribution in [3.05, 3.63) is 53.9 Å². The molecular formula is C16H21N3O. The Morgan fingerprint density at radius 3 is 2.60 bits per heavy atom. The molecule has 0 unspecified atom stereocenters. The van der Waals surface area contributed by atoms with E-state index in [1.165, 1.54) is 5.56 Å². The van der Waals surface area contributed by atoms with Gasteiger partial charge < -0.3 is 15.4 Å². The minimum Gasteiger partial charge on any atom is -0.497 e. The highest BCUT2D eigenvalue weighted by molar-refractivity contribution is 5.51. The molecule has 0 fully saturated rings. The highest BCUT2D eigenvalue weighted by atomic mass is 16.5. The number of likely N-dealkylation sites (N-methyl/N-ethyl adjacent to an activating group) is 1. The average Bonchev–Trinajstić information content (AvgIpc) is 2.48. The second-order valence-electron chi connectivity index (χ2n) is 4.91. The van der Waals surface area contributed by atoms with Crippen molar-refractivity contribution in [3.63, 3.8) is 0 Å². The molecule has 0 aliphatic carbocycles. The first-order valence-electron chi connectivity index (χ1n) is 6.69. The molecule has 4 heteroatoms. The summed E-state index contributed by atoms with van der Waals surface area (Å²) in [6, 6.07) is 9.94. The van der Waals surface area contributed by atoms with Gasteiger partial charge in [0.1, 0.15) is 5.75 Å². The monoisotopic (exact) mass is 271 g/mol. The topological polar surface area (TPSA) is 51.4 Å². The van der Waals surface area contributed by atoms with Gasteiger partial charge in [0.2, 0.25) is 0 Å². The van der Waals surface area contributed by atoms with Gasteiger partial charge in [0.15, 0.2) is 0 Å². The standard InChI is InChI=1S/C16H21N3O/c1-19(10-7-13-5-8-18-9-6-13)12-14-3-4-15(20-2)11-16(14)17/h3-6,8-9,11H,7,10,12,17H2,1-2H3. The molecule has 0 saturated carbocycles. The summed E-state index contributed by atoms with van der Waals surface area (Å²) in [6.07, 6.45) is 4.67. The Labute approximate surface area is 120 Å². The Kier molecular flexibility index (Phi) is 4.96. The van der Waals surface area contributed by atoms with E-state index in [0.29, 0.717) is 0 Å². The molecule has 0 saturated heterocycles. The van der Waals surface area contributed by atoms with Gasteiger partial charge in [0, 0.05) is 37.2 Å². The van der Waals surface area contributed by atoms with E-state index in [0.717, 1.165) is 36.5 Å². The zero-order valence-corrected chi connectivity index (χ0v) is 12.0. The number of nitrogens with zero attached hydrogens (tertiary/aromatic N) is 2. The fourth-order valence-corrected chi connectivity index (χ4v) is 2.08. The summed E-state index contributed by atoms with van der Waals surface area (Å²) in [5.41, 5.74) is 9.24. The van der Waals surface area contributed by atoms with Crippen LogP contribution in [0.1, 0.15) is 11.1 Å². The van der Waals surface area contributed by atoms with Crippen molar-refractivity contribution in [2.24, 2.45) is 0 Å². The predicted octanol–water partition coefficient (Wildman–Crippen LogP) is 2.35. The normalized spacial score (nSPS) is 10.8. The van der Waals surface area contributed by atoms with Crippen LogP contribution in [0.25, 0.3) is 0 Å². The quantitative estimate of drug-likeness (QED) is 0.819. The molecule has 4 nitrogen and oxygen atoms in total. The molecule has 0 aliphatic heterocycles. The van der Waals surface area contributed by atoms with Gasteiger partial charge in [-0.05, 0) is 42.8 Å². The van der Waals surface area contributed by atoms with E-state index in [-0.39, 0.29) is 0 Å². The van der Waals surface area contributed by atoms with Crippen molar-refractivity contribution < 1.29 is 4.74 Å². The van der Waals surface area contributed by atoms with Crippen LogP contribution in [-0.4, -0.2) is 30.6 Å². The molecule has 0 radical (unpaired) electrons. The van der Waals surface area contributed by atoms with Gasteiger partial charge in [-0.2, -0.15) is 0 Å². The Morgan fingerprint density at radius 2 is 1.95 bits per heavy atom. The minimum absolute atomic E-state index is 0.778. The van der Waals surface area contributed by atoms with Crippen LogP contribution in [0.3, 0.4) is 0 Å². The number of nitrogen functional groups attached to an aromatic ring is 1. The van der Waals surface area contributed by atoms with Gasteiger partial charge in [-0.1, -0.05) is 6.07 Å². The Hall–Kier alpha value is -2.07. The van der Waals surface area contributed by atoms with Crippen LogP contribution in [0, 0.1) is 0 Å². The van der Waals surface area contributed by atoms with Gasteiger partial charge in [-0.25, -0.2) is 0 Å². The molecule has 0 atom stereocenters. The van der Waals surface area contributed by atoms with Crippen molar-refractivity contribution in [3.8, 4) is 5.75 Å². The van der Waals surface area contributed by atoms with Crippen molar-refractivity contribution in [2.75, 3.05) is 26.4 Å². The zero-order chi connectivity index (χ0) is 14.4. The Bertz CT molecular complexity index is 543. The first kappa shape index (κ1) is 14.3. The lowest BCUT2D eigenvalue weighted by Gasteiger charge is -2.18. The molecule has 2 N–H and O–H groups in total. The molecule has 1 aromatic carbocycles. The Morgan fingerprint density at radius 1 is 1.20 bits per heavy atom. The summed E-state index contributed by atoms with van der Waals surface area (Å²) in [6.45, 7) is 1.82. The second-order valence-corrected chi connectivity index (χ2v) is 4.91. The third kappa shape index (κ3) is 3.96. The van der Waals surface area contributed by atoms with Crippen LogP contribution >= 0.6 is 0 Å². The van der Waals surface area contributed by atoms with Gasteiger partial charge in [-0.3, -0.25) is 4.98 Å². The summed E-state index contributed by atoms with van der Waals surface area (Å²) >= 11 is 0. The zero-order valence-electron chi connectivity index (χ0n) is 12.0. The van der Waals surface area contributed by atoms with Crippen LogP contribution < -0.4 is 10.5 Å². The lowest BCUT2D eigenvalue weighted by atomic mass is 10.1. The highest BCUT2D eigenvalue weighted by Crippen LogP contribution is 2.20. The van der Waals surface area contributed by atoms with Gasteiger partial charge >= 0.3 is 0 Å². The van der Waals surface area contributed by atoms with Crippen molar-refractivity contribution >= 4 is 5.69 Å². The summed E-state index contributed by atoms with van der Waals surface area (Å²) < 4.78 is 5.16. The molecule has 106 valence electrons. The first-order chi connectivity index (χ1) is 9.69. The molecule has 2 rings (SSSR count). The fourth-order valence-electron chi connectivity index (χ4n) is 2.08. The number of hydrogen-bond acceptors (Lipinski definition) is 4. The number of rotatable bonds is 6. The lowest BCUT2D eigenvalue weighted by molar-refractivity contribution is 0.331. The number of benzene rings is 1. The summed E-state index contributed by atoms with van der Waals surface area (Å²) in [5, 5.41) is 0. The smallest absolute Gasteiger partial charge is 0.120 e. The summed E-state index contributed by atoms with van der Waals surface area (Å²) in [5.74, 6) is 0.797. The third-order valence-electron chi connectivity index (χ3n) is 3.32. The first-order valence-corrected chi connectivity index (χ1v) is 6.69. The molecule has 2 aromatic rings. The minimum atomic E-state index is 0.778.